The number of aliphatic hydroxyl groups is 1. The first-order valence-corrected chi connectivity index (χ1v) is 23.3. The second-order valence-electron chi connectivity index (χ2n) is 15.7. The van der Waals surface area contributed by atoms with E-state index in [2.05, 4.69) is 26.0 Å². The Morgan fingerprint density at radius 2 is 1.04 bits per heavy atom. The van der Waals surface area contributed by atoms with Gasteiger partial charge < -0.3 is 28.3 Å². The largest absolute Gasteiger partial charge is 0.756 e. The second kappa shape index (κ2) is 37.5. The van der Waals surface area contributed by atoms with Crippen molar-refractivity contribution in [2.75, 3.05) is 40.9 Å². The summed E-state index contributed by atoms with van der Waals surface area (Å²) >= 11 is 0. The molecule has 0 aliphatic carbocycles. The number of rotatable bonds is 38. The van der Waals surface area contributed by atoms with Crippen molar-refractivity contribution in [1.29, 1.82) is 0 Å². The number of carbonyl (C=O) groups excluding carboxylic acids is 1. The van der Waals surface area contributed by atoms with Crippen LogP contribution in [-0.4, -0.2) is 68.7 Å². The Hall–Kier alpha value is -2.06. The molecule has 0 saturated heterocycles. The van der Waals surface area contributed by atoms with Crippen molar-refractivity contribution in [2.45, 2.75) is 174 Å². The van der Waals surface area contributed by atoms with Gasteiger partial charge in [0.05, 0.1) is 27.7 Å². The number of phosphoric ester groups is 1. The maximum absolute atomic E-state index is 12.8. The molecule has 2 unspecified atom stereocenters. The van der Waals surface area contributed by atoms with E-state index in [1.165, 1.54) is 121 Å². The summed E-state index contributed by atoms with van der Waals surface area (Å²) < 4.78 is 29.3. The summed E-state index contributed by atoms with van der Waals surface area (Å²) in [6.45, 7) is 4.36. The van der Waals surface area contributed by atoms with Gasteiger partial charge in [0.2, 0.25) is 0 Å². The van der Waals surface area contributed by atoms with Gasteiger partial charge >= 0.3 is 5.97 Å². The number of hydrogen-bond acceptors (Lipinski definition) is 7. The zero-order valence-corrected chi connectivity index (χ0v) is 36.7. The highest BCUT2D eigenvalue weighted by molar-refractivity contribution is 7.45. The standard InChI is InChI=1S/C46H82NO7P/c1-6-8-10-12-14-16-18-20-22-23-24-25-26-28-30-32-34-36-38-40-46(49)53-45(43-48)44(54-55(50,51)52-42-41-47(3,4)5)39-37-35-33-31-29-27-21-19-17-15-13-11-9-7-2/h22-26,28,30,32,34,36,38,40,44-45,48H,6-21,27,29,31,33,35,37,39,41-43H2,1-5H3/t44?,45-/m0/s1. The first kappa shape index (κ1) is 52.9. The van der Waals surface area contributed by atoms with Crippen LogP contribution < -0.4 is 4.89 Å². The van der Waals surface area contributed by atoms with Gasteiger partial charge in [-0.05, 0) is 19.3 Å². The van der Waals surface area contributed by atoms with Crippen LogP contribution in [0.4, 0.5) is 0 Å². The van der Waals surface area contributed by atoms with Crippen molar-refractivity contribution >= 4 is 13.8 Å². The van der Waals surface area contributed by atoms with E-state index in [1.807, 2.05) is 57.6 Å². The molecule has 0 bridgehead atoms. The zero-order chi connectivity index (χ0) is 40.7. The lowest BCUT2D eigenvalue weighted by Crippen LogP contribution is -2.39. The molecule has 0 radical (unpaired) electrons. The van der Waals surface area contributed by atoms with Gasteiger partial charge in [-0.15, -0.1) is 0 Å². The summed E-state index contributed by atoms with van der Waals surface area (Å²) in [7, 11) is 1.11. The first-order valence-electron chi connectivity index (χ1n) is 21.8. The Labute approximate surface area is 338 Å². The fourth-order valence-corrected chi connectivity index (χ4v) is 6.87. The number of phosphoric acid groups is 1. The van der Waals surface area contributed by atoms with Crippen LogP contribution in [0.3, 0.4) is 0 Å². The Bertz CT molecular complexity index is 1120. The van der Waals surface area contributed by atoms with Gasteiger partial charge in [-0.1, -0.05) is 209 Å². The van der Waals surface area contributed by atoms with E-state index in [0.717, 1.165) is 25.7 Å². The molecule has 0 aliphatic rings. The fraction of sp³-hybridized carbons (Fsp3) is 0.717. The molecule has 8 nitrogen and oxygen atoms in total. The van der Waals surface area contributed by atoms with Crippen molar-refractivity contribution in [3.63, 3.8) is 0 Å². The predicted octanol–water partition coefficient (Wildman–Crippen LogP) is 11.8. The summed E-state index contributed by atoms with van der Waals surface area (Å²) in [4.78, 5) is 25.4. The molecule has 9 heteroatoms. The van der Waals surface area contributed by atoms with Gasteiger partial charge in [0, 0.05) is 6.08 Å². The molecule has 0 aromatic rings. The van der Waals surface area contributed by atoms with E-state index >= 15 is 0 Å². The third-order valence-electron chi connectivity index (χ3n) is 9.32. The van der Waals surface area contributed by atoms with Crippen molar-refractivity contribution < 1.29 is 37.6 Å². The van der Waals surface area contributed by atoms with E-state index in [-0.39, 0.29) is 6.61 Å². The highest BCUT2D eigenvalue weighted by atomic mass is 31.2. The van der Waals surface area contributed by atoms with Crippen molar-refractivity contribution in [2.24, 2.45) is 0 Å². The van der Waals surface area contributed by atoms with Crippen LogP contribution in [0, 0.1) is 0 Å². The molecule has 0 fully saturated rings. The molecule has 1 N–H and O–H groups in total. The predicted molar refractivity (Wildman–Crippen MR) is 231 cm³/mol. The lowest BCUT2D eigenvalue weighted by Gasteiger charge is -2.32. The lowest BCUT2D eigenvalue weighted by atomic mass is 10.0. The first-order chi connectivity index (χ1) is 26.5. The Morgan fingerprint density at radius 3 is 1.49 bits per heavy atom. The molecule has 0 aromatic carbocycles. The normalized spacial score (nSPS) is 15.1. The second-order valence-corrected chi connectivity index (χ2v) is 17.1. The molecule has 0 spiro atoms. The number of hydrogen-bond donors (Lipinski definition) is 1. The number of unbranched alkanes of at least 4 members (excludes halogenated alkanes) is 20. The van der Waals surface area contributed by atoms with Crippen molar-refractivity contribution in [1.82, 2.24) is 0 Å². The summed E-state index contributed by atoms with van der Waals surface area (Å²) in [6.07, 6.45) is 47.6. The number of allylic oxidation sites excluding steroid dienone is 11. The molecule has 0 amide bonds. The Kier molecular flexibility index (Phi) is 36.1. The van der Waals surface area contributed by atoms with E-state index in [0.29, 0.717) is 23.9 Å². The number of aliphatic hydroxyl groups excluding tert-OH is 1. The van der Waals surface area contributed by atoms with E-state index < -0.39 is 32.6 Å². The molecular weight excluding hydrogens is 709 g/mol. The number of carbonyl (C=O) groups is 1. The number of likely N-dealkylation sites (N-methyl/N-ethyl adjacent to an activating group) is 1. The van der Waals surface area contributed by atoms with E-state index in [1.54, 1.807) is 12.2 Å². The molecule has 0 rings (SSSR count). The third kappa shape index (κ3) is 38.6. The molecule has 0 aliphatic heterocycles. The highest BCUT2D eigenvalue weighted by Gasteiger charge is 2.29. The van der Waals surface area contributed by atoms with Crippen LogP contribution in [-0.2, 0) is 23.1 Å². The maximum Gasteiger partial charge on any atom is 0.331 e. The summed E-state index contributed by atoms with van der Waals surface area (Å²) in [6, 6.07) is 0. The number of nitrogens with zero attached hydrogens (tertiary/aromatic N) is 1. The van der Waals surface area contributed by atoms with Crippen LogP contribution >= 0.6 is 7.82 Å². The third-order valence-corrected chi connectivity index (χ3v) is 10.4. The average molecular weight is 792 g/mol. The van der Waals surface area contributed by atoms with Crippen molar-refractivity contribution in [3.8, 4) is 0 Å². The summed E-state index contributed by atoms with van der Waals surface area (Å²) in [5, 5.41) is 10.1. The summed E-state index contributed by atoms with van der Waals surface area (Å²) in [5.41, 5.74) is 0. The molecule has 0 heterocycles. The van der Waals surface area contributed by atoms with Gasteiger partial charge in [0.25, 0.3) is 7.82 Å². The Balaban J connectivity index is 4.75. The van der Waals surface area contributed by atoms with Crippen LogP contribution in [0.15, 0.2) is 72.9 Å². The number of quaternary nitrogens is 1. The smallest absolute Gasteiger partial charge is 0.331 e. The van der Waals surface area contributed by atoms with E-state index in [4.69, 9.17) is 13.8 Å². The van der Waals surface area contributed by atoms with Crippen LogP contribution in [0.2, 0.25) is 0 Å². The van der Waals surface area contributed by atoms with Gasteiger partial charge in [0.1, 0.15) is 19.3 Å². The molecule has 0 saturated carbocycles. The van der Waals surface area contributed by atoms with Gasteiger partial charge in [-0.25, -0.2) is 4.79 Å². The molecule has 3 atom stereocenters. The topological polar surface area (TPSA) is 105 Å². The molecule has 0 aromatic heterocycles. The average Bonchev–Trinajstić information content (AvgIpc) is 3.13. The molecular formula is C46H82NO7P. The minimum atomic E-state index is -4.70. The fourth-order valence-electron chi connectivity index (χ4n) is 5.93. The van der Waals surface area contributed by atoms with Crippen LogP contribution in [0.5, 0.6) is 0 Å². The monoisotopic (exact) mass is 792 g/mol. The van der Waals surface area contributed by atoms with Crippen LogP contribution in [0.1, 0.15) is 162 Å². The lowest BCUT2D eigenvalue weighted by molar-refractivity contribution is -0.870. The number of esters is 1. The quantitative estimate of drug-likeness (QED) is 0.0166. The molecule has 318 valence electrons. The Morgan fingerprint density at radius 1 is 0.618 bits per heavy atom. The van der Waals surface area contributed by atoms with Crippen LogP contribution in [0.25, 0.3) is 0 Å². The number of ether oxygens (including phenoxy) is 1. The van der Waals surface area contributed by atoms with Gasteiger partial charge in [-0.2, -0.15) is 0 Å². The van der Waals surface area contributed by atoms with Crippen molar-refractivity contribution in [3.05, 3.63) is 72.9 Å². The highest BCUT2D eigenvalue weighted by Crippen LogP contribution is 2.41. The maximum atomic E-state index is 12.8. The molecule has 55 heavy (non-hydrogen) atoms. The minimum absolute atomic E-state index is 0.0355. The zero-order valence-electron chi connectivity index (χ0n) is 35.8. The SMILES string of the molecule is CCCCCCCCCC=CC=CC=CC=CC=CC=CC(=O)O[C@@H](CO)C(CCCCCCCCCCCCCCCC)OP(=O)([O-])OCC[N+](C)(C)C. The minimum Gasteiger partial charge on any atom is -0.756 e. The van der Waals surface area contributed by atoms with Gasteiger partial charge in [-0.3, -0.25) is 4.57 Å². The van der Waals surface area contributed by atoms with E-state index in [9.17, 15) is 19.4 Å². The van der Waals surface area contributed by atoms with Gasteiger partial charge in [0.15, 0.2) is 6.10 Å². The summed E-state index contributed by atoms with van der Waals surface area (Å²) in [5.74, 6) is -0.695.